The molecule has 6 heteroatoms. The van der Waals surface area contributed by atoms with Crippen molar-refractivity contribution in [1.82, 2.24) is 14.6 Å². The van der Waals surface area contributed by atoms with Crippen molar-refractivity contribution < 1.29 is 4.79 Å². The Hall–Kier alpha value is -2.44. The van der Waals surface area contributed by atoms with Gasteiger partial charge in [0.15, 0.2) is 0 Å². The molecule has 35 heavy (non-hydrogen) atoms. The van der Waals surface area contributed by atoms with Crippen molar-refractivity contribution in [2.75, 3.05) is 37.6 Å². The zero-order valence-electron chi connectivity index (χ0n) is 20.5. The second-order valence-electron chi connectivity index (χ2n) is 10.6. The Bertz CT molecular complexity index is 1180. The van der Waals surface area contributed by atoms with Crippen LogP contribution in [0.4, 0.5) is 5.82 Å². The monoisotopic (exact) mass is 488 g/mol. The fourth-order valence-electron chi connectivity index (χ4n) is 6.17. The van der Waals surface area contributed by atoms with Crippen molar-refractivity contribution in [1.29, 1.82) is 0 Å². The highest BCUT2D eigenvalue weighted by atomic mass is 32.1. The molecule has 0 spiro atoms. The SMILES string of the molecule is O=C(NC1CCc2cc(CCN3CCN(c4nsc5ccccc45)CC3)ccc2C1)C1CCCC1. The average Bonchev–Trinajstić information content (AvgIpc) is 3.58. The Morgan fingerprint density at radius 2 is 1.83 bits per heavy atom. The standard InChI is InChI=1S/C29H36N4OS/c34-29(22-5-1-2-6-22)30-25-12-11-23-19-21(9-10-24(23)20-25)13-14-32-15-17-33(18-16-32)28-26-7-3-4-8-27(26)35-31-28/h3-4,7-10,19,22,25H,1-2,5-6,11-18,20H2,(H,30,34). The molecule has 1 N–H and O–H groups in total. The number of nitrogens with one attached hydrogen (secondary N) is 1. The van der Waals surface area contributed by atoms with Crippen LogP contribution in [0.1, 0.15) is 48.8 Å². The summed E-state index contributed by atoms with van der Waals surface area (Å²) in [6.07, 6.45) is 8.84. The normalized spacial score (nSPS) is 21.4. The van der Waals surface area contributed by atoms with Gasteiger partial charge < -0.3 is 10.2 Å². The van der Waals surface area contributed by atoms with Gasteiger partial charge in [0.2, 0.25) is 5.91 Å². The number of piperazine rings is 1. The van der Waals surface area contributed by atoms with Gasteiger partial charge in [-0.3, -0.25) is 9.69 Å². The van der Waals surface area contributed by atoms with E-state index in [9.17, 15) is 4.79 Å². The molecule has 0 bridgehead atoms. The summed E-state index contributed by atoms with van der Waals surface area (Å²) in [4.78, 5) is 17.6. The van der Waals surface area contributed by atoms with E-state index in [1.807, 2.05) is 0 Å². The van der Waals surface area contributed by atoms with Crippen LogP contribution >= 0.6 is 11.5 Å². The van der Waals surface area contributed by atoms with Crippen LogP contribution in [0.3, 0.4) is 0 Å². The van der Waals surface area contributed by atoms with Crippen molar-refractivity contribution in [3.05, 3.63) is 59.2 Å². The number of benzene rings is 2. The fraction of sp³-hybridized carbons (Fsp3) is 0.517. The van der Waals surface area contributed by atoms with Gasteiger partial charge in [0.05, 0.1) is 4.70 Å². The number of anilines is 1. The van der Waals surface area contributed by atoms with Gasteiger partial charge in [-0.1, -0.05) is 43.2 Å². The number of carbonyl (C=O) groups excluding carboxylic acids is 1. The second-order valence-corrected chi connectivity index (χ2v) is 11.4. The van der Waals surface area contributed by atoms with Crippen molar-refractivity contribution in [2.24, 2.45) is 5.92 Å². The number of fused-ring (bicyclic) bond motifs is 2. The molecule has 2 heterocycles. The summed E-state index contributed by atoms with van der Waals surface area (Å²) in [6.45, 7) is 5.40. The molecule has 1 amide bonds. The van der Waals surface area contributed by atoms with Gasteiger partial charge in [-0.05, 0) is 78.9 Å². The van der Waals surface area contributed by atoms with Crippen LogP contribution in [0.5, 0.6) is 0 Å². The molecule has 1 aliphatic heterocycles. The lowest BCUT2D eigenvalue weighted by atomic mass is 9.86. The van der Waals surface area contributed by atoms with Gasteiger partial charge >= 0.3 is 0 Å². The Kier molecular flexibility index (Phi) is 6.75. The van der Waals surface area contributed by atoms with Crippen molar-refractivity contribution in [2.45, 2.75) is 57.4 Å². The summed E-state index contributed by atoms with van der Waals surface area (Å²) in [5, 5.41) is 4.65. The van der Waals surface area contributed by atoms with Crippen LogP contribution in [0.15, 0.2) is 42.5 Å². The van der Waals surface area contributed by atoms with Gasteiger partial charge in [0, 0.05) is 50.1 Å². The molecule has 2 aromatic carbocycles. The third kappa shape index (κ3) is 5.10. The molecule has 0 radical (unpaired) electrons. The number of hydrogen-bond acceptors (Lipinski definition) is 5. The van der Waals surface area contributed by atoms with E-state index in [4.69, 9.17) is 4.37 Å². The van der Waals surface area contributed by atoms with E-state index in [-0.39, 0.29) is 5.92 Å². The van der Waals surface area contributed by atoms with Gasteiger partial charge in [-0.2, -0.15) is 4.37 Å². The smallest absolute Gasteiger partial charge is 0.223 e. The van der Waals surface area contributed by atoms with E-state index < -0.39 is 0 Å². The van der Waals surface area contributed by atoms with E-state index in [2.05, 4.69) is 57.6 Å². The molecule has 1 aromatic heterocycles. The quantitative estimate of drug-likeness (QED) is 0.540. The van der Waals surface area contributed by atoms with Crippen molar-refractivity contribution in [3.8, 4) is 0 Å². The molecule has 1 unspecified atom stereocenters. The molecule has 6 rings (SSSR count). The maximum atomic E-state index is 12.5. The summed E-state index contributed by atoms with van der Waals surface area (Å²) < 4.78 is 6.02. The number of nitrogens with zero attached hydrogens (tertiary/aromatic N) is 3. The van der Waals surface area contributed by atoms with Crippen LogP contribution in [0.25, 0.3) is 10.1 Å². The molecule has 1 saturated heterocycles. The lowest BCUT2D eigenvalue weighted by Gasteiger charge is -2.35. The first-order valence-electron chi connectivity index (χ1n) is 13.5. The van der Waals surface area contributed by atoms with Crippen LogP contribution in [0.2, 0.25) is 0 Å². The van der Waals surface area contributed by atoms with Crippen LogP contribution < -0.4 is 10.2 Å². The number of amides is 1. The minimum Gasteiger partial charge on any atom is -0.353 e. The van der Waals surface area contributed by atoms with Crippen LogP contribution in [0, 0.1) is 5.92 Å². The average molecular weight is 489 g/mol. The number of rotatable bonds is 6. The zero-order valence-corrected chi connectivity index (χ0v) is 21.4. The van der Waals surface area contributed by atoms with Gasteiger partial charge in [-0.15, -0.1) is 0 Å². The fourth-order valence-corrected chi connectivity index (χ4v) is 6.96. The summed E-state index contributed by atoms with van der Waals surface area (Å²) >= 11 is 1.61. The number of aromatic nitrogens is 1. The van der Waals surface area contributed by atoms with E-state index in [1.165, 1.54) is 39.6 Å². The third-order valence-corrected chi connectivity index (χ3v) is 9.14. The minimum atomic E-state index is 0.265. The second kappa shape index (κ2) is 10.3. The van der Waals surface area contributed by atoms with Crippen molar-refractivity contribution >= 4 is 33.3 Å². The largest absolute Gasteiger partial charge is 0.353 e. The molecule has 1 saturated carbocycles. The molecule has 1 atom stereocenters. The summed E-state index contributed by atoms with van der Waals surface area (Å²) in [6, 6.07) is 16.0. The van der Waals surface area contributed by atoms with E-state index in [1.54, 1.807) is 11.5 Å². The van der Waals surface area contributed by atoms with Crippen LogP contribution in [-0.2, 0) is 24.1 Å². The summed E-state index contributed by atoms with van der Waals surface area (Å²) in [7, 11) is 0. The highest BCUT2D eigenvalue weighted by molar-refractivity contribution is 7.13. The van der Waals surface area contributed by atoms with E-state index in [0.29, 0.717) is 11.9 Å². The first-order chi connectivity index (χ1) is 17.2. The van der Waals surface area contributed by atoms with E-state index in [0.717, 1.165) is 77.1 Å². The first kappa shape index (κ1) is 23.0. The molecular weight excluding hydrogens is 452 g/mol. The first-order valence-corrected chi connectivity index (χ1v) is 14.2. The van der Waals surface area contributed by atoms with E-state index >= 15 is 0 Å². The third-order valence-electron chi connectivity index (χ3n) is 8.32. The van der Waals surface area contributed by atoms with Gasteiger partial charge in [0.1, 0.15) is 5.82 Å². The van der Waals surface area contributed by atoms with Gasteiger partial charge in [0.25, 0.3) is 0 Å². The Morgan fingerprint density at radius 3 is 2.69 bits per heavy atom. The molecule has 3 aliphatic rings. The minimum absolute atomic E-state index is 0.265. The van der Waals surface area contributed by atoms with Gasteiger partial charge in [-0.25, -0.2) is 0 Å². The Morgan fingerprint density at radius 1 is 1.00 bits per heavy atom. The molecule has 184 valence electrons. The topological polar surface area (TPSA) is 48.5 Å². The molecule has 2 fully saturated rings. The lowest BCUT2D eigenvalue weighted by Crippen LogP contribution is -2.47. The number of hydrogen-bond donors (Lipinski definition) is 1. The lowest BCUT2D eigenvalue weighted by molar-refractivity contribution is -0.125. The van der Waals surface area contributed by atoms with Crippen LogP contribution in [-0.4, -0.2) is 53.9 Å². The summed E-state index contributed by atoms with van der Waals surface area (Å²) in [5.41, 5.74) is 4.38. The molecule has 3 aromatic rings. The predicted octanol–water partition coefficient (Wildman–Crippen LogP) is 4.82. The highest BCUT2D eigenvalue weighted by Gasteiger charge is 2.27. The number of aryl methyl sites for hydroxylation is 1. The number of carbonyl (C=O) groups is 1. The molecule has 2 aliphatic carbocycles. The maximum Gasteiger partial charge on any atom is 0.223 e. The summed E-state index contributed by atoms with van der Waals surface area (Å²) in [5.74, 6) is 1.73. The predicted molar refractivity (Wildman–Crippen MR) is 144 cm³/mol. The zero-order chi connectivity index (χ0) is 23.6. The maximum absolute atomic E-state index is 12.5. The Balaban J connectivity index is 0.989. The highest BCUT2D eigenvalue weighted by Crippen LogP contribution is 2.30. The Labute approximate surface area is 212 Å². The van der Waals surface area contributed by atoms with Crippen molar-refractivity contribution in [3.63, 3.8) is 0 Å². The molecule has 5 nitrogen and oxygen atoms in total. The molecular formula is C29H36N4OS.